The second kappa shape index (κ2) is 7.09. The van der Waals surface area contributed by atoms with E-state index in [0.717, 1.165) is 0 Å². The second-order valence-corrected chi connectivity index (χ2v) is 8.76. The van der Waals surface area contributed by atoms with Crippen molar-refractivity contribution >= 4 is 55.6 Å². The molecule has 0 aliphatic rings. The standard InChI is InChI=1S/C19H16ClN3O5S/c20-12-4-7-16-11(8-12)9-13(2-1-3-18(24)25)23(16)29(26,27)14-5-6-15-17(10-14)28-19(21)22-15/h4-10H,1-3H2,(H2,21,22)(H,24,25). The summed E-state index contributed by atoms with van der Waals surface area (Å²) in [5, 5.41) is 10.0. The third-order valence-corrected chi connectivity index (χ3v) is 6.53. The van der Waals surface area contributed by atoms with Crippen LogP contribution < -0.4 is 5.73 Å². The van der Waals surface area contributed by atoms with Crippen LogP contribution in [0.4, 0.5) is 6.01 Å². The Labute approximate surface area is 170 Å². The zero-order valence-electron chi connectivity index (χ0n) is 15.0. The fourth-order valence-electron chi connectivity index (χ4n) is 3.29. The maximum Gasteiger partial charge on any atom is 0.303 e. The Morgan fingerprint density at radius 3 is 2.76 bits per heavy atom. The number of benzene rings is 2. The summed E-state index contributed by atoms with van der Waals surface area (Å²) < 4.78 is 33.4. The lowest BCUT2D eigenvalue weighted by Gasteiger charge is -2.12. The Bertz CT molecular complexity index is 1360. The molecule has 2 aromatic carbocycles. The molecule has 0 atom stereocenters. The van der Waals surface area contributed by atoms with Crippen molar-refractivity contribution in [2.45, 2.75) is 24.2 Å². The molecule has 150 valence electrons. The number of nitrogens with two attached hydrogens (primary N) is 1. The Morgan fingerprint density at radius 1 is 1.21 bits per heavy atom. The van der Waals surface area contributed by atoms with E-state index >= 15 is 0 Å². The highest BCUT2D eigenvalue weighted by molar-refractivity contribution is 7.90. The van der Waals surface area contributed by atoms with E-state index in [2.05, 4.69) is 4.98 Å². The highest BCUT2D eigenvalue weighted by atomic mass is 35.5. The predicted octanol–water partition coefficient (Wildman–Crippen LogP) is 3.66. The van der Waals surface area contributed by atoms with Gasteiger partial charge in [0.05, 0.1) is 10.4 Å². The molecule has 0 saturated heterocycles. The molecule has 0 aliphatic heterocycles. The number of nitrogens with zero attached hydrogens (tertiary/aromatic N) is 2. The van der Waals surface area contributed by atoms with Crippen LogP contribution in [0.15, 0.2) is 51.8 Å². The Hall–Kier alpha value is -3.04. The van der Waals surface area contributed by atoms with E-state index in [1.54, 1.807) is 24.3 Å². The Morgan fingerprint density at radius 2 is 2.00 bits per heavy atom. The molecule has 4 aromatic rings. The number of aryl methyl sites for hydroxylation is 1. The van der Waals surface area contributed by atoms with Gasteiger partial charge in [0.1, 0.15) is 5.52 Å². The predicted molar refractivity (Wildman–Crippen MR) is 109 cm³/mol. The van der Waals surface area contributed by atoms with E-state index in [1.807, 2.05) is 0 Å². The van der Waals surface area contributed by atoms with Gasteiger partial charge < -0.3 is 15.3 Å². The minimum atomic E-state index is -4.00. The summed E-state index contributed by atoms with van der Waals surface area (Å²) in [7, 11) is -4.00. The van der Waals surface area contributed by atoms with Gasteiger partial charge >= 0.3 is 5.97 Å². The molecule has 4 rings (SSSR count). The number of aromatic nitrogens is 2. The number of aliphatic carboxylic acids is 1. The molecule has 3 N–H and O–H groups in total. The van der Waals surface area contributed by atoms with Gasteiger partial charge in [-0.3, -0.25) is 4.79 Å². The van der Waals surface area contributed by atoms with E-state index < -0.39 is 16.0 Å². The van der Waals surface area contributed by atoms with E-state index in [-0.39, 0.29) is 29.3 Å². The van der Waals surface area contributed by atoms with Crippen molar-refractivity contribution in [2.75, 3.05) is 5.73 Å². The van der Waals surface area contributed by atoms with Gasteiger partial charge in [-0.15, -0.1) is 0 Å². The molecule has 8 nitrogen and oxygen atoms in total. The summed E-state index contributed by atoms with van der Waals surface area (Å²) in [6.45, 7) is 0. The minimum Gasteiger partial charge on any atom is -0.481 e. The van der Waals surface area contributed by atoms with Gasteiger partial charge in [0, 0.05) is 28.6 Å². The Balaban J connectivity index is 1.87. The molecule has 0 spiro atoms. The fourth-order valence-corrected chi connectivity index (χ4v) is 5.05. The third-order valence-electron chi connectivity index (χ3n) is 4.53. The van der Waals surface area contributed by atoms with Gasteiger partial charge in [0.15, 0.2) is 5.58 Å². The summed E-state index contributed by atoms with van der Waals surface area (Å²) in [5.74, 6) is -0.938. The molecule has 0 bridgehead atoms. The number of rotatable bonds is 6. The molecule has 29 heavy (non-hydrogen) atoms. The highest BCUT2D eigenvalue weighted by Gasteiger charge is 2.24. The largest absolute Gasteiger partial charge is 0.481 e. The number of oxazole rings is 1. The van der Waals surface area contributed by atoms with Crippen LogP contribution in [0.3, 0.4) is 0 Å². The number of carboxylic acids is 1. The van der Waals surface area contributed by atoms with E-state index in [9.17, 15) is 13.2 Å². The normalized spacial score (nSPS) is 12.0. The van der Waals surface area contributed by atoms with Crippen LogP contribution in [0.5, 0.6) is 0 Å². The van der Waals surface area contributed by atoms with Crippen molar-refractivity contribution in [2.24, 2.45) is 0 Å². The monoisotopic (exact) mass is 433 g/mol. The number of nitrogen functional groups attached to an aromatic ring is 1. The average Bonchev–Trinajstić information content (AvgIpc) is 3.19. The van der Waals surface area contributed by atoms with Gasteiger partial charge in [-0.2, -0.15) is 4.98 Å². The van der Waals surface area contributed by atoms with Crippen LogP contribution in [-0.2, 0) is 21.2 Å². The summed E-state index contributed by atoms with van der Waals surface area (Å²) in [4.78, 5) is 14.8. The van der Waals surface area contributed by atoms with Gasteiger partial charge in [-0.25, -0.2) is 12.4 Å². The lowest BCUT2D eigenvalue weighted by atomic mass is 10.2. The van der Waals surface area contributed by atoms with Gasteiger partial charge in [-0.1, -0.05) is 11.6 Å². The molecule has 0 radical (unpaired) electrons. The second-order valence-electron chi connectivity index (χ2n) is 6.54. The molecule has 0 saturated carbocycles. The van der Waals surface area contributed by atoms with Crippen molar-refractivity contribution in [1.29, 1.82) is 0 Å². The maximum absolute atomic E-state index is 13.5. The van der Waals surface area contributed by atoms with Crippen LogP contribution in [0, 0.1) is 0 Å². The first-order valence-electron chi connectivity index (χ1n) is 8.69. The van der Waals surface area contributed by atoms with Crippen molar-refractivity contribution in [3.05, 3.63) is 53.2 Å². The van der Waals surface area contributed by atoms with Crippen LogP contribution in [0.1, 0.15) is 18.5 Å². The van der Waals surface area contributed by atoms with Gasteiger partial charge in [0.2, 0.25) is 0 Å². The number of fused-ring (bicyclic) bond motifs is 2. The number of halogens is 1. The maximum atomic E-state index is 13.5. The molecule has 0 amide bonds. The van der Waals surface area contributed by atoms with Crippen molar-refractivity contribution in [3.63, 3.8) is 0 Å². The quantitative estimate of drug-likeness (QED) is 0.474. The van der Waals surface area contributed by atoms with Crippen molar-refractivity contribution < 1.29 is 22.7 Å². The molecule has 0 fully saturated rings. The molecular formula is C19H16ClN3O5S. The highest BCUT2D eigenvalue weighted by Crippen LogP contribution is 2.30. The lowest BCUT2D eigenvalue weighted by molar-refractivity contribution is -0.137. The lowest BCUT2D eigenvalue weighted by Crippen LogP contribution is -2.16. The fraction of sp³-hybridized carbons (Fsp3) is 0.158. The van der Waals surface area contributed by atoms with E-state index in [4.69, 9.17) is 26.9 Å². The minimum absolute atomic E-state index is 0.00749. The first-order valence-corrected chi connectivity index (χ1v) is 10.5. The smallest absolute Gasteiger partial charge is 0.303 e. The van der Waals surface area contributed by atoms with Crippen LogP contribution in [-0.4, -0.2) is 28.5 Å². The zero-order valence-corrected chi connectivity index (χ0v) is 16.6. The van der Waals surface area contributed by atoms with Crippen LogP contribution >= 0.6 is 11.6 Å². The first-order chi connectivity index (χ1) is 13.8. The van der Waals surface area contributed by atoms with Gasteiger partial charge in [0.25, 0.3) is 16.0 Å². The molecule has 10 heteroatoms. The average molecular weight is 434 g/mol. The molecule has 2 heterocycles. The summed E-state index contributed by atoms with van der Waals surface area (Å²) in [6.07, 6.45) is 0.507. The summed E-state index contributed by atoms with van der Waals surface area (Å²) in [6, 6.07) is 10.9. The van der Waals surface area contributed by atoms with Crippen LogP contribution in [0.25, 0.3) is 22.0 Å². The Kier molecular flexibility index (Phi) is 4.71. The van der Waals surface area contributed by atoms with Crippen molar-refractivity contribution in [3.8, 4) is 0 Å². The van der Waals surface area contributed by atoms with Crippen LogP contribution in [0.2, 0.25) is 5.02 Å². The molecule has 0 aliphatic carbocycles. The van der Waals surface area contributed by atoms with E-state index in [1.165, 1.54) is 22.2 Å². The van der Waals surface area contributed by atoms with E-state index in [0.29, 0.717) is 33.6 Å². The summed E-state index contributed by atoms with van der Waals surface area (Å²) >= 11 is 6.06. The number of carbonyl (C=O) groups is 1. The van der Waals surface area contributed by atoms with Gasteiger partial charge in [-0.05, 0) is 49.2 Å². The van der Waals surface area contributed by atoms with Crippen molar-refractivity contribution in [1.82, 2.24) is 8.96 Å². The zero-order chi connectivity index (χ0) is 20.8. The number of carboxylic acid groups (broad SMARTS) is 1. The number of anilines is 1. The number of hydrogen-bond acceptors (Lipinski definition) is 6. The molecule has 2 aromatic heterocycles. The molecular weight excluding hydrogens is 418 g/mol. The first kappa shape index (κ1) is 19.3. The number of hydrogen-bond donors (Lipinski definition) is 2. The summed E-state index contributed by atoms with van der Waals surface area (Å²) in [5.41, 5.74) is 7.18. The topological polar surface area (TPSA) is 128 Å². The SMILES string of the molecule is Nc1nc2ccc(S(=O)(=O)n3c(CCCC(=O)O)cc4cc(Cl)ccc43)cc2o1. The molecule has 0 unspecified atom stereocenters. The third kappa shape index (κ3) is 3.54.